The first-order valence-corrected chi connectivity index (χ1v) is 10.8. The zero-order chi connectivity index (χ0) is 22.1. The topological polar surface area (TPSA) is 83.4 Å². The monoisotopic (exact) mass is 428 g/mol. The molecule has 0 aliphatic carbocycles. The lowest BCUT2D eigenvalue weighted by atomic mass is 9.83. The molecule has 32 heavy (non-hydrogen) atoms. The number of benzene rings is 2. The maximum absolute atomic E-state index is 13.1. The highest BCUT2D eigenvalue weighted by molar-refractivity contribution is 5.99. The number of para-hydroxylation sites is 1. The van der Waals surface area contributed by atoms with Crippen LogP contribution in [0.15, 0.2) is 77.6 Å². The summed E-state index contributed by atoms with van der Waals surface area (Å²) >= 11 is 0. The highest BCUT2D eigenvalue weighted by atomic mass is 16.2. The van der Waals surface area contributed by atoms with Crippen LogP contribution in [0.1, 0.15) is 28.4 Å². The van der Waals surface area contributed by atoms with Crippen LogP contribution in [0.4, 0.5) is 16.2 Å². The lowest BCUT2D eigenvalue weighted by molar-refractivity contribution is 0.0594. The third kappa shape index (κ3) is 3.89. The van der Waals surface area contributed by atoms with Crippen LogP contribution in [0.2, 0.25) is 0 Å². The van der Waals surface area contributed by atoms with Crippen LogP contribution in [0.5, 0.6) is 0 Å². The van der Waals surface area contributed by atoms with E-state index in [9.17, 15) is 14.4 Å². The predicted molar refractivity (Wildman–Crippen MR) is 123 cm³/mol. The van der Waals surface area contributed by atoms with E-state index >= 15 is 0 Å². The molecule has 3 heterocycles. The Balaban J connectivity index is 1.34. The first-order valence-electron chi connectivity index (χ1n) is 10.8. The predicted octanol–water partition coefficient (Wildman–Crippen LogP) is 3.75. The average Bonchev–Trinajstić information content (AvgIpc) is 2.82. The molecule has 1 aromatic heterocycles. The fourth-order valence-electron chi connectivity index (χ4n) is 4.78. The number of urea groups is 1. The first-order chi connectivity index (χ1) is 15.6. The largest absolute Gasteiger partial charge is 0.338 e. The molecular weight excluding hydrogens is 404 g/mol. The van der Waals surface area contributed by atoms with Gasteiger partial charge in [0.1, 0.15) is 5.69 Å². The van der Waals surface area contributed by atoms with E-state index in [-0.39, 0.29) is 29.0 Å². The molecule has 2 bridgehead atoms. The van der Waals surface area contributed by atoms with Crippen LogP contribution in [0.3, 0.4) is 0 Å². The van der Waals surface area contributed by atoms with Gasteiger partial charge in [0.2, 0.25) is 0 Å². The molecule has 2 aromatic carbocycles. The zero-order valence-electron chi connectivity index (χ0n) is 17.5. The molecule has 162 valence electrons. The second-order valence-corrected chi connectivity index (χ2v) is 8.41. The van der Waals surface area contributed by atoms with Crippen LogP contribution in [-0.4, -0.2) is 34.5 Å². The highest BCUT2D eigenvalue weighted by Crippen LogP contribution is 2.36. The standard InChI is InChI=1S/C25H24N4O3/c30-23(18-7-3-1-4-8-18)28-14-17-13-19(16-28)22-12-11-21(24(31)29(22)15-17)27-25(32)26-20-9-5-2-6-10-20/h1-12,17,19H,13-16H2,(H2,26,27,32)/t17-,19-/m1/s1. The Labute approximate surface area is 185 Å². The number of aromatic nitrogens is 1. The van der Waals surface area contributed by atoms with E-state index < -0.39 is 6.03 Å². The van der Waals surface area contributed by atoms with Crippen molar-refractivity contribution in [2.75, 3.05) is 23.7 Å². The number of rotatable bonds is 3. The van der Waals surface area contributed by atoms with Crippen LogP contribution >= 0.6 is 0 Å². The number of hydrogen-bond acceptors (Lipinski definition) is 3. The molecule has 0 saturated carbocycles. The molecule has 2 aliphatic heterocycles. The second-order valence-electron chi connectivity index (χ2n) is 8.41. The molecule has 3 aromatic rings. The summed E-state index contributed by atoms with van der Waals surface area (Å²) in [6.45, 7) is 1.76. The van der Waals surface area contributed by atoms with E-state index in [0.29, 0.717) is 30.9 Å². The van der Waals surface area contributed by atoms with Crippen molar-refractivity contribution in [2.24, 2.45) is 5.92 Å². The molecule has 0 radical (unpaired) electrons. The Morgan fingerprint density at radius 3 is 2.28 bits per heavy atom. The van der Waals surface area contributed by atoms with Crippen molar-refractivity contribution in [1.82, 2.24) is 9.47 Å². The van der Waals surface area contributed by atoms with Gasteiger partial charge in [0.25, 0.3) is 11.5 Å². The van der Waals surface area contributed by atoms with Gasteiger partial charge in [-0.1, -0.05) is 36.4 Å². The lowest BCUT2D eigenvalue weighted by Gasteiger charge is -2.43. The third-order valence-electron chi connectivity index (χ3n) is 6.19. The Kier molecular flexibility index (Phi) is 5.23. The van der Waals surface area contributed by atoms with Crippen LogP contribution in [-0.2, 0) is 6.54 Å². The number of pyridine rings is 1. The number of carbonyl (C=O) groups is 2. The number of nitrogens with one attached hydrogen (secondary N) is 2. The number of likely N-dealkylation sites (tertiary alicyclic amines) is 1. The summed E-state index contributed by atoms with van der Waals surface area (Å²) in [7, 11) is 0. The van der Waals surface area contributed by atoms with E-state index in [2.05, 4.69) is 10.6 Å². The van der Waals surface area contributed by atoms with Gasteiger partial charge in [-0.25, -0.2) is 4.79 Å². The van der Waals surface area contributed by atoms with Crippen molar-refractivity contribution in [3.63, 3.8) is 0 Å². The molecule has 3 amide bonds. The Morgan fingerprint density at radius 1 is 0.812 bits per heavy atom. The summed E-state index contributed by atoms with van der Waals surface area (Å²) in [6.07, 6.45) is 0.958. The van der Waals surface area contributed by atoms with Gasteiger partial charge < -0.3 is 20.1 Å². The van der Waals surface area contributed by atoms with Crippen LogP contribution < -0.4 is 16.2 Å². The highest BCUT2D eigenvalue weighted by Gasteiger charge is 2.37. The van der Waals surface area contributed by atoms with Crippen molar-refractivity contribution < 1.29 is 9.59 Å². The summed E-state index contributed by atoms with van der Waals surface area (Å²) < 4.78 is 1.77. The number of hydrogen-bond donors (Lipinski definition) is 2. The number of nitrogens with zero attached hydrogens (tertiary/aromatic N) is 2. The minimum Gasteiger partial charge on any atom is -0.338 e. The smallest absolute Gasteiger partial charge is 0.323 e. The number of anilines is 2. The normalized spacial score (nSPS) is 19.1. The van der Waals surface area contributed by atoms with Crippen LogP contribution in [0, 0.1) is 5.92 Å². The molecule has 2 N–H and O–H groups in total. The summed E-state index contributed by atoms with van der Waals surface area (Å²) in [4.78, 5) is 40.3. The molecule has 7 heteroatoms. The van der Waals surface area contributed by atoms with Gasteiger partial charge >= 0.3 is 6.03 Å². The molecule has 1 saturated heterocycles. The Hall–Kier alpha value is -3.87. The second kappa shape index (κ2) is 8.34. The number of piperidine rings is 1. The maximum Gasteiger partial charge on any atom is 0.323 e. The summed E-state index contributed by atoms with van der Waals surface area (Å²) in [5, 5.41) is 5.40. The molecule has 1 fully saturated rings. The fourth-order valence-corrected chi connectivity index (χ4v) is 4.78. The zero-order valence-corrected chi connectivity index (χ0v) is 17.5. The molecule has 0 spiro atoms. The number of carbonyl (C=O) groups excluding carboxylic acids is 2. The molecular formula is C25H24N4O3. The van der Waals surface area contributed by atoms with Gasteiger partial charge in [-0.3, -0.25) is 9.59 Å². The van der Waals surface area contributed by atoms with Crippen LogP contribution in [0.25, 0.3) is 0 Å². The van der Waals surface area contributed by atoms with Crippen molar-refractivity contribution in [1.29, 1.82) is 0 Å². The van der Waals surface area contributed by atoms with Crippen molar-refractivity contribution >= 4 is 23.3 Å². The Morgan fingerprint density at radius 2 is 1.53 bits per heavy atom. The summed E-state index contributed by atoms with van der Waals surface area (Å²) in [6, 6.07) is 21.5. The molecule has 0 unspecified atom stereocenters. The van der Waals surface area contributed by atoms with Crippen molar-refractivity contribution in [3.8, 4) is 0 Å². The Bertz CT molecular complexity index is 1210. The molecule has 5 rings (SSSR count). The average molecular weight is 428 g/mol. The molecule has 2 aliphatic rings. The fraction of sp³-hybridized carbons (Fsp3) is 0.240. The van der Waals surface area contributed by atoms with Crippen molar-refractivity contribution in [3.05, 3.63) is 94.4 Å². The molecule has 2 atom stereocenters. The SMILES string of the molecule is O=C(Nc1ccccc1)Nc1ccc2n(c1=O)C[C@@H]1C[C@@H]2CN(C(=O)c2ccccc2)C1. The van der Waals surface area contributed by atoms with Gasteiger partial charge in [-0.05, 0) is 48.7 Å². The third-order valence-corrected chi connectivity index (χ3v) is 6.19. The van der Waals surface area contributed by atoms with Gasteiger partial charge in [0.15, 0.2) is 0 Å². The summed E-state index contributed by atoms with van der Waals surface area (Å²) in [5.74, 6) is 0.349. The minimum atomic E-state index is -0.454. The minimum absolute atomic E-state index is 0.0342. The lowest BCUT2D eigenvalue weighted by Crippen LogP contribution is -2.49. The summed E-state index contributed by atoms with van der Waals surface area (Å²) in [5.41, 5.74) is 2.31. The maximum atomic E-state index is 13.1. The van der Waals surface area contributed by atoms with E-state index in [1.54, 1.807) is 22.8 Å². The van der Waals surface area contributed by atoms with Gasteiger partial charge in [-0.15, -0.1) is 0 Å². The van der Waals surface area contributed by atoms with E-state index in [1.165, 1.54) is 0 Å². The molecule has 7 nitrogen and oxygen atoms in total. The number of fused-ring (bicyclic) bond motifs is 4. The van der Waals surface area contributed by atoms with Gasteiger partial charge in [0.05, 0.1) is 0 Å². The van der Waals surface area contributed by atoms with E-state index in [1.807, 2.05) is 59.5 Å². The first kappa shape index (κ1) is 20.1. The quantitative estimate of drug-likeness (QED) is 0.666. The van der Waals surface area contributed by atoms with Crippen molar-refractivity contribution in [2.45, 2.75) is 18.9 Å². The number of amides is 3. The van der Waals surface area contributed by atoms with E-state index in [0.717, 1.165) is 12.1 Å². The van der Waals surface area contributed by atoms with Gasteiger partial charge in [-0.2, -0.15) is 0 Å². The van der Waals surface area contributed by atoms with Gasteiger partial charge in [0, 0.05) is 42.5 Å². The van der Waals surface area contributed by atoms with E-state index in [4.69, 9.17) is 0 Å².